The summed E-state index contributed by atoms with van der Waals surface area (Å²) in [6.45, 7) is 0.485. The lowest BCUT2D eigenvalue weighted by molar-refractivity contribution is -0.750. The van der Waals surface area contributed by atoms with E-state index in [-0.39, 0.29) is 4.59 Å². The first-order valence-corrected chi connectivity index (χ1v) is 10.5. The summed E-state index contributed by atoms with van der Waals surface area (Å²) in [5.41, 5.74) is 4.85. The van der Waals surface area contributed by atoms with Crippen LogP contribution >= 0.6 is 0 Å². The van der Waals surface area contributed by atoms with Crippen molar-refractivity contribution >= 4 is 22.8 Å². The standard InChI is InChI=1S/C27H21N4O/c28-31-15-14-29-17-25(31)26(20-8-4-9-20)30-27(31)21-10-5-12-23(16-21)32-18-22-11-3-7-19-6-1-2-13-24(19)22/h1-17H,18,28H2/q+1. The molecule has 0 spiro atoms. The number of nitrogens with zero attached hydrogens (tertiary/aromatic N) is 3. The Labute approximate surface area is 186 Å². The van der Waals surface area contributed by atoms with Crippen LogP contribution in [0.1, 0.15) is 11.1 Å². The number of allylic oxidation sites excluding steroid dienone is 4. The van der Waals surface area contributed by atoms with Crippen molar-refractivity contribution < 1.29 is 9.33 Å². The molecule has 0 fully saturated rings. The van der Waals surface area contributed by atoms with Gasteiger partial charge in [0.2, 0.25) is 5.70 Å². The van der Waals surface area contributed by atoms with Gasteiger partial charge in [-0.15, -0.1) is 4.59 Å². The van der Waals surface area contributed by atoms with E-state index in [1.54, 1.807) is 12.4 Å². The number of hydrogen-bond acceptors (Lipinski definition) is 4. The van der Waals surface area contributed by atoms with Crippen molar-refractivity contribution in [1.82, 2.24) is 0 Å². The topological polar surface area (TPSA) is 60.0 Å². The Morgan fingerprint density at radius 2 is 1.81 bits per heavy atom. The maximum Gasteiger partial charge on any atom is 0.265 e. The van der Waals surface area contributed by atoms with Gasteiger partial charge < -0.3 is 4.74 Å². The van der Waals surface area contributed by atoms with E-state index in [1.807, 2.05) is 48.7 Å². The summed E-state index contributed by atoms with van der Waals surface area (Å²) >= 11 is 0. The van der Waals surface area contributed by atoms with Gasteiger partial charge in [0, 0.05) is 5.57 Å². The van der Waals surface area contributed by atoms with Crippen molar-refractivity contribution in [3.8, 4) is 5.75 Å². The average Bonchev–Trinajstić information content (AvgIpc) is 3.09. The number of rotatable bonds is 5. The number of benzene rings is 3. The largest absolute Gasteiger partial charge is 0.489 e. The first kappa shape index (κ1) is 18.7. The summed E-state index contributed by atoms with van der Waals surface area (Å²) in [5, 5.41) is 2.41. The summed E-state index contributed by atoms with van der Waals surface area (Å²) in [5.74, 6) is 8.32. The summed E-state index contributed by atoms with van der Waals surface area (Å²) in [4.78, 5) is 9.20. The van der Waals surface area contributed by atoms with Gasteiger partial charge in [-0.05, 0) is 34.5 Å². The zero-order valence-corrected chi connectivity index (χ0v) is 17.3. The highest BCUT2D eigenvalue weighted by Crippen LogP contribution is 2.36. The molecule has 154 valence electrons. The maximum atomic E-state index is 6.80. The molecule has 1 aliphatic carbocycles. The van der Waals surface area contributed by atoms with Gasteiger partial charge in [0.15, 0.2) is 0 Å². The molecule has 0 aromatic heterocycles. The number of ether oxygens (including phenoxy) is 1. The van der Waals surface area contributed by atoms with Gasteiger partial charge in [0.1, 0.15) is 24.3 Å². The molecule has 0 amide bonds. The van der Waals surface area contributed by atoms with Gasteiger partial charge >= 0.3 is 0 Å². The van der Waals surface area contributed by atoms with Crippen molar-refractivity contribution in [2.75, 3.05) is 0 Å². The minimum Gasteiger partial charge on any atom is -0.489 e. The van der Waals surface area contributed by atoms with Gasteiger partial charge in [0.05, 0.1) is 18.0 Å². The number of quaternary nitrogens is 1. The molecule has 0 bridgehead atoms. The van der Waals surface area contributed by atoms with Gasteiger partial charge in [0.25, 0.3) is 5.84 Å². The number of aliphatic imine (C=N–C) groups is 2. The van der Waals surface area contributed by atoms with E-state index in [2.05, 4.69) is 47.5 Å². The summed E-state index contributed by atoms with van der Waals surface area (Å²) in [6.07, 6.45) is 11.4. The third-order valence-corrected chi connectivity index (χ3v) is 5.99. The average molecular weight is 417 g/mol. The third kappa shape index (κ3) is 2.95. The van der Waals surface area contributed by atoms with Crippen LogP contribution in [0.3, 0.4) is 0 Å². The van der Waals surface area contributed by atoms with Gasteiger partial charge in [-0.2, -0.15) is 10.8 Å². The van der Waals surface area contributed by atoms with Crippen molar-refractivity contribution in [1.29, 1.82) is 0 Å². The summed E-state index contributed by atoms with van der Waals surface area (Å²) < 4.78 is 6.19. The summed E-state index contributed by atoms with van der Waals surface area (Å²) in [7, 11) is 0. The Morgan fingerprint density at radius 1 is 0.969 bits per heavy atom. The van der Waals surface area contributed by atoms with E-state index < -0.39 is 0 Å². The van der Waals surface area contributed by atoms with Crippen LogP contribution in [0.4, 0.5) is 0 Å². The number of hydrogen-bond donors (Lipinski definition) is 1. The molecule has 3 aliphatic rings. The molecule has 0 radical (unpaired) electrons. The molecule has 5 heteroatoms. The molecule has 2 N–H and O–H groups in total. The van der Waals surface area contributed by atoms with Crippen LogP contribution in [0.25, 0.3) is 10.8 Å². The Kier molecular flexibility index (Phi) is 4.24. The van der Waals surface area contributed by atoms with Crippen LogP contribution in [0.2, 0.25) is 0 Å². The Bertz CT molecular complexity index is 1440. The van der Waals surface area contributed by atoms with E-state index in [4.69, 9.17) is 15.6 Å². The van der Waals surface area contributed by atoms with Crippen LogP contribution in [0, 0.1) is 0 Å². The zero-order chi connectivity index (χ0) is 21.5. The van der Waals surface area contributed by atoms with Crippen LogP contribution in [-0.2, 0) is 6.61 Å². The molecular formula is C27H21N4O+. The lowest BCUT2D eigenvalue weighted by Crippen LogP contribution is -2.53. The Balaban J connectivity index is 1.31. The molecule has 0 saturated heterocycles. The summed E-state index contributed by atoms with van der Waals surface area (Å²) in [6, 6.07) is 22.6. The molecule has 1 atom stereocenters. The number of nitrogens with two attached hydrogens (primary N) is 1. The SMILES string of the molecule is N[N+]12C=CN=CC1=C(C1=CC=C1)N=C2c1cccc(OCc2cccc3ccccc23)c1. The Morgan fingerprint density at radius 3 is 2.69 bits per heavy atom. The van der Waals surface area contributed by atoms with Crippen molar-refractivity contribution in [2.45, 2.75) is 6.61 Å². The lowest BCUT2D eigenvalue weighted by atomic mass is 10.0. The predicted molar refractivity (Wildman–Crippen MR) is 128 cm³/mol. The van der Waals surface area contributed by atoms with Crippen LogP contribution in [-0.4, -0.2) is 16.6 Å². The number of amidine groups is 1. The molecule has 3 aromatic rings. The van der Waals surface area contributed by atoms with Gasteiger partial charge in [-0.1, -0.05) is 66.8 Å². The highest BCUT2D eigenvalue weighted by atomic mass is 16.5. The maximum absolute atomic E-state index is 6.80. The fourth-order valence-corrected chi connectivity index (χ4v) is 4.25. The van der Waals surface area contributed by atoms with E-state index in [0.29, 0.717) is 6.61 Å². The fourth-order valence-electron chi connectivity index (χ4n) is 4.25. The normalized spacial score (nSPS) is 20.8. The predicted octanol–water partition coefficient (Wildman–Crippen LogP) is 5.13. The highest BCUT2D eigenvalue weighted by Gasteiger charge is 2.44. The molecule has 32 heavy (non-hydrogen) atoms. The molecule has 0 saturated carbocycles. The minimum atomic E-state index is -0.00319. The zero-order valence-electron chi connectivity index (χ0n) is 17.3. The van der Waals surface area contributed by atoms with E-state index in [9.17, 15) is 0 Å². The van der Waals surface area contributed by atoms with Gasteiger partial charge in [-0.25, -0.2) is 0 Å². The second-order valence-electron chi connectivity index (χ2n) is 7.96. The van der Waals surface area contributed by atoms with Crippen molar-refractivity contribution in [2.24, 2.45) is 15.8 Å². The van der Waals surface area contributed by atoms with Crippen LogP contribution < -0.4 is 10.6 Å². The van der Waals surface area contributed by atoms with Crippen molar-refractivity contribution in [3.05, 3.63) is 125 Å². The first-order valence-electron chi connectivity index (χ1n) is 10.5. The molecule has 2 aliphatic heterocycles. The second kappa shape index (κ2) is 7.27. The lowest BCUT2D eigenvalue weighted by Gasteiger charge is -2.26. The van der Waals surface area contributed by atoms with Crippen LogP contribution in [0.5, 0.6) is 5.75 Å². The molecule has 3 aromatic carbocycles. The number of fused-ring (bicyclic) bond motifs is 2. The van der Waals surface area contributed by atoms with Gasteiger partial charge in [-0.3, -0.25) is 4.99 Å². The van der Waals surface area contributed by atoms with E-state index >= 15 is 0 Å². The molecule has 5 nitrogen and oxygen atoms in total. The van der Waals surface area contributed by atoms with E-state index in [1.165, 1.54) is 10.8 Å². The van der Waals surface area contributed by atoms with E-state index in [0.717, 1.165) is 39.7 Å². The second-order valence-corrected chi connectivity index (χ2v) is 7.96. The molecule has 2 heterocycles. The first-order chi connectivity index (χ1) is 15.7. The smallest absolute Gasteiger partial charge is 0.265 e. The quantitative estimate of drug-likeness (QED) is 0.462. The third-order valence-electron chi connectivity index (χ3n) is 5.99. The molecule has 1 unspecified atom stereocenters. The monoisotopic (exact) mass is 417 g/mol. The van der Waals surface area contributed by atoms with Crippen molar-refractivity contribution in [3.63, 3.8) is 0 Å². The van der Waals surface area contributed by atoms with Crippen LogP contribution in [0.15, 0.2) is 124 Å². The Hall–Kier alpha value is -4.06. The molecular weight excluding hydrogens is 396 g/mol. The molecule has 6 rings (SSSR count). The highest BCUT2D eigenvalue weighted by molar-refractivity contribution is 6.01. The fraction of sp³-hybridized carbons (Fsp3) is 0.0370. The minimum absolute atomic E-state index is 0.00319.